The summed E-state index contributed by atoms with van der Waals surface area (Å²) in [6, 6.07) is 19.3. The predicted octanol–water partition coefficient (Wildman–Crippen LogP) is 2.60. The lowest BCUT2D eigenvalue weighted by molar-refractivity contribution is -0.148. The minimum Gasteiger partial charge on any atom is -0.345 e. The van der Waals surface area contributed by atoms with E-state index in [-0.39, 0.29) is 11.8 Å². The second-order valence-electron chi connectivity index (χ2n) is 5.87. The molecule has 1 aliphatic heterocycles. The molecule has 0 spiro atoms. The Balaban J connectivity index is 1.93. The molecule has 3 rings (SSSR count). The standard InChI is InChI=1S/C20H20N4O2/c1-15(25)24(16(2)26)20-22-19(18-11-7-4-8-12-18)14-23(20)21-13-17-9-5-3-6-10-17/h3-14,20,22H,1-2H3/b21-13+. The summed E-state index contributed by atoms with van der Waals surface area (Å²) in [5, 5.41) is 9.26. The molecule has 1 N–H and O–H groups in total. The molecule has 132 valence electrons. The van der Waals surface area contributed by atoms with Gasteiger partial charge < -0.3 is 5.32 Å². The number of amides is 2. The molecule has 1 aliphatic rings. The Morgan fingerprint density at radius 2 is 1.58 bits per heavy atom. The van der Waals surface area contributed by atoms with Gasteiger partial charge in [0.25, 0.3) is 0 Å². The van der Waals surface area contributed by atoms with Crippen molar-refractivity contribution in [2.24, 2.45) is 5.10 Å². The second-order valence-corrected chi connectivity index (χ2v) is 5.87. The number of hydrogen-bond donors (Lipinski definition) is 1. The molecule has 0 aliphatic carbocycles. The molecule has 26 heavy (non-hydrogen) atoms. The Kier molecular flexibility index (Phi) is 5.12. The number of rotatable bonds is 4. The van der Waals surface area contributed by atoms with Gasteiger partial charge in [-0.3, -0.25) is 9.59 Å². The largest absolute Gasteiger partial charge is 0.345 e. The highest BCUT2D eigenvalue weighted by atomic mass is 16.2. The molecular formula is C20H20N4O2. The van der Waals surface area contributed by atoms with Crippen molar-refractivity contribution in [3.8, 4) is 0 Å². The van der Waals surface area contributed by atoms with Crippen molar-refractivity contribution in [3.63, 3.8) is 0 Å². The van der Waals surface area contributed by atoms with E-state index in [9.17, 15) is 9.59 Å². The number of hydrazone groups is 1. The highest BCUT2D eigenvalue weighted by Gasteiger charge is 2.34. The van der Waals surface area contributed by atoms with Crippen molar-refractivity contribution < 1.29 is 9.59 Å². The molecule has 0 fully saturated rings. The Hall–Kier alpha value is -3.41. The van der Waals surface area contributed by atoms with E-state index in [1.54, 1.807) is 17.4 Å². The Labute approximate surface area is 152 Å². The van der Waals surface area contributed by atoms with Crippen LogP contribution in [0, 0.1) is 0 Å². The zero-order chi connectivity index (χ0) is 18.5. The van der Waals surface area contributed by atoms with Crippen molar-refractivity contribution in [1.82, 2.24) is 15.2 Å². The van der Waals surface area contributed by atoms with Crippen molar-refractivity contribution in [3.05, 3.63) is 78.0 Å². The Morgan fingerprint density at radius 3 is 2.15 bits per heavy atom. The van der Waals surface area contributed by atoms with Crippen LogP contribution in [0.5, 0.6) is 0 Å². The summed E-state index contributed by atoms with van der Waals surface area (Å²) in [4.78, 5) is 25.1. The Bertz CT molecular complexity index is 833. The lowest BCUT2D eigenvalue weighted by atomic mass is 10.2. The molecule has 2 aromatic carbocycles. The van der Waals surface area contributed by atoms with E-state index in [0.29, 0.717) is 0 Å². The fourth-order valence-corrected chi connectivity index (χ4v) is 2.74. The molecule has 2 amide bonds. The van der Waals surface area contributed by atoms with E-state index in [0.717, 1.165) is 21.7 Å². The van der Waals surface area contributed by atoms with Gasteiger partial charge in [0.1, 0.15) is 0 Å². The van der Waals surface area contributed by atoms with E-state index in [1.165, 1.54) is 13.8 Å². The first-order valence-electron chi connectivity index (χ1n) is 8.28. The zero-order valence-electron chi connectivity index (χ0n) is 14.7. The third kappa shape index (κ3) is 3.80. The molecular weight excluding hydrogens is 328 g/mol. The van der Waals surface area contributed by atoms with Gasteiger partial charge in [-0.25, -0.2) is 9.91 Å². The van der Waals surface area contributed by atoms with Gasteiger partial charge in [0, 0.05) is 13.8 Å². The van der Waals surface area contributed by atoms with E-state index in [4.69, 9.17) is 0 Å². The van der Waals surface area contributed by atoms with Crippen LogP contribution in [0.2, 0.25) is 0 Å². The highest BCUT2D eigenvalue weighted by molar-refractivity contribution is 5.93. The minimum absolute atomic E-state index is 0.349. The summed E-state index contributed by atoms with van der Waals surface area (Å²) in [5.41, 5.74) is 2.65. The molecule has 6 nitrogen and oxygen atoms in total. The van der Waals surface area contributed by atoms with Crippen molar-refractivity contribution in [1.29, 1.82) is 0 Å². The first-order valence-corrected chi connectivity index (χ1v) is 8.28. The van der Waals surface area contributed by atoms with Gasteiger partial charge >= 0.3 is 0 Å². The van der Waals surface area contributed by atoms with Crippen LogP contribution in [0.3, 0.4) is 0 Å². The van der Waals surface area contributed by atoms with Gasteiger partial charge in [0.15, 0.2) is 0 Å². The monoisotopic (exact) mass is 348 g/mol. The van der Waals surface area contributed by atoms with E-state index in [1.807, 2.05) is 60.7 Å². The number of carbonyl (C=O) groups is 2. The highest BCUT2D eigenvalue weighted by Crippen LogP contribution is 2.23. The van der Waals surface area contributed by atoms with Crippen molar-refractivity contribution in [2.45, 2.75) is 20.1 Å². The summed E-state index contributed by atoms with van der Waals surface area (Å²) < 4.78 is 0. The summed E-state index contributed by atoms with van der Waals surface area (Å²) >= 11 is 0. The number of nitrogens with zero attached hydrogens (tertiary/aromatic N) is 3. The molecule has 0 saturated carbocycles. The third-order valence-electron chi connectivity index (χ3n) is 3.94. The van der Waals surface area contributed by atoms with Gasteiger partial charge in [0.2, 0.25) is 18.1 Å². The number of imide groups is 1. The molecule has 1 heterocycles. The molecule has 2 aromatic rings. The van der Waals surface area contributed by atoms with Gasteiger partial charge in [-0.1, -0.05) is 60.7 Å². The normalized spacial score (nSPS) is 16.3. The number of carbonyl (C=O) groups excluding carboxylic acids is 2. The van der Waals surface area contributed by atoms with Gasteiger partial charge in [-0.2, -0.15) is 5.10 Å². The fraction of sp³-hybridized carbons (Fsp3) is 0.150. The van der Waals surface area contributed by atoms with Gasteiger partial charge in [0.05, 0.1) is 18.1 Å². The number of benzene rings is 2. The van der Waals surface area contributed by atoms with Crippen LogP contribution in [0.4, 0.5) is 0 Å². The van der Waals surface area contributed by atoms with Gasteiger partial charge in [-0.15, -0.1) is 0 Å². The van der Waals surface area contributed by atoms with Crippen LogP contribution in [0.25, 0.3) is 5.70 Å². The van der Waals surface area contributed by atoms with E-state index >= 15 is 0 Å². The predicted molar refractivity (Wildman–Crippen MR) is 100 cm³/mol. The smallest absolute Gasteiger partial charge is 0.229 e. The van der Waals surface area contributed by atoms with E-state index < -0.39 is 6.29 Å². The molecule has 0 bridgehead atoms. The maximum absolute atomic E-state index is 12.0. The average Bonchev–Trinajstić information content (AvgIpc) is 3.05. The average molecular weight is 348 g/mol. The van der Waals surface area contributed by atoms with Crippen molar-refractivity contribution in [2.75, 3.05) is 0 Å². The van der Waals surface area contributed by atoms with Crippen LogP contribution < -0.4 is 5.32 Å². The third-order valence-corrected chi connectivity index (χ3v) is 3.94. The lowest BCUT2D eigenvalue weighted by Crippen LogP contribution is -2.53. The number of hydrogen-bond acceptors (Lipinski definition) is 5. The maximum Gasteiger partial charge on any atom is 0.229 e. The lowest BCUT2D eigenvalue weighted by Gasteiger charge is -2.30. The van der Waals surface area contributed by atoms with Crippen molar-refractivity contribution >= 4 is 23.7 Å². The fourth-order valence-electron chi connectivity index (χ4n) is 2.74. The van der Waals surface area contributed by atoms with E-state index in [2.05, 4.69) is 10.4 Å². The minimum atomic E-state index is -0.708. The summed E-state index contributed by atoms with van der Waals surface area (Å²) in [7, 11) is 0. The summed E-state index contributed by atoms with van der Waals surface area (Å²) in [5.74, 6) is -0.699. The molecule has 6 heteroatoms. The van der Waals surface area contributed by atoms with Gasteiger partial charge in [-0.05, 0) is 11.1 Å². The Morgan fingerprint density at radius 1 is 1.00 bits per heavy atom. The maximum atomic E-state index is 12.0. The summed E-state index contributed by atoms with van der Waals surface area (Å²) in [6.45, 7) is 2.73. The molecule has 1 atom stereocenters. The van der Waals surface area contributed by atoms with Crippen LogP contribution in [-0.4, -0.2) is 34.2 Å². The first kappa shape index (κ1) is 17.4. The van der Waals surface area contributed by atoms with Crippen LogP contribution in [-0.2, 0) is 9.59 Å². The SMILES string of the molecule is CC(=O)N(C(C)=O)C1NC(c2ccccc2)=CN1/N=C/c1ccccc1. The van der Waals surface area contributed by atoms with Crippen LogP contribution >= 0.6 is 0 Å². The molecule has 1 unspecified atom stereocenters. The zero-order valence-corrected chi connectivity index (χ0v) is 14.7. The summed E-state index contributed by atoms with van der Waals surface area (Å²) in [6.07, 6.45) is 2.77. The topological polar surface area (TPSA) is 65.0 Å². The molecule has 0 radical (unpaired) electrons. The molecule has 0 aromatic heterocycles. The quantitative estimate of drug-likeness (QED) is 0.863. The first-order chi connectivity index (χ1) is 12.6. The molecule has 0 saturated heterocycles. The number of nitrogens with one attached hydrogen (secondary N) is 1. The second kappa shape index (κ2) is 7.65. The van der Waals surface area contributed by atoms with Crippen LogP contribution in [0.15, 0.2) is 72.0 Å². The van der Waals surface area contributed by atoms with Crippen LogP contribution in [0.1, 0.15) is 25.0 Å².